The summed E-state index contributed by atoms with van der Waals surface area (Å²) in [5.74, 6) is 1.70. The molecule has 5 unspecified atom stereocenters. The Labute approximate surface area is 213 Å². The molecule has 1 aliphatic carbocycles. The molecular weight excluding hydrogens is 456 g/mol. The van der Waals surface area contributed by atoms with Crippen molar-refractivity contribution in [2.24, 2.45) is 11.3 Å². The molecule has 2 aromatic carbocycles. The lowest BCUT2D eigenvalue weighted by molar-refractivity contribution is -0.140. The number of nitrogens with zero attached hydrogens (tertiary/aromatic N) is 1. The van der Waals surface area contributed by atoms with Crippen molar-refractivity contribution in [3.05, 3.63) is 83.1 Å². The molecule has 0 bridgehead atoms. The second-order valence-corrected chi connectivity index (χ2v) is 10.5. The van der Waals surface area contributed by atoms with Gasteiger partial charge in [0.2, 0.25) is 0 Å². The Morgan fingerprint density at radius 1 is 1.14 bits per heavy atom. The second-order valence-electron chi connectivity index (χ2n) is 10.1. The van der Waals surface area contributed by atoms with E-state index in [2.05, 4.69) is 60.5 Å². The van der Waals surface area contributed by atoms with E-state index in [9.17, 15) is 4.79 Å². The zero-order valence-corrected chi connectivity index (χ0v) is 21.4. The molecule has 2 aliphatic rings. The molecular formula is C30H33ClN2O2. The Balaban J connectivity index is 1.62. The molecule has 1 saturated carbocycles. The number of carbonyl (C=O) groups is 1. The summed E-state index contributed by atoms with van der Waals surface area (Å²) in [6.07, 6.45) is 6.39. The number of halogens is 1. The minimum absolute atomic E-state index is 0.171. The minimum Gasteiger partial charge on any atom is -0.497 e. The smallest absolute Gasteiger partial charge is 0.153 e. The molecule has 35 heavy (non-hydrogen) atoms. The first-order valence-corrected chi connectivity index (χ1v) is 13.0. The number of methoxy groups -OCH3 is 1. The molecule has 0 radical (unpaired) electrons. The van der Waals surface area contributed by atoms with E-state index in [1.54, 1.807) is 13.3 Å². The maximum atomic E-state index is 13.4. The third kappa shape index (κ3) is 4.17. The zero-order valence-electron chi connectivity index (χ0n) is 20.6. The molecule has 1 saturated heterocycles. The number of aromatic nitrogens is 1. The van der Waals surface area contributed by atoms with Crippen LogP contribution in [0.4, 0.5) is 0 Å². The lowest BCUT2D eigenvalue weighted by Gasteiger charge is -2.55. The molecule has 2 heterocycles. The van der Waals surface area contributed by atoms with Crippen molar-refractivity contribution in [2.45, 2.75) is 51.0 Å². The van der Waals surface area contributed by atoms with Gasteiger partial charge in [0.25, 0.3) is 0 Å². The molecule has 1 aliphatic heterocycles. The van der Waals surface area contributed by atoms with Crippen LogP contribution in [0.5, 0.6) is 5.75 Å². The molecule has 5 atom stereocenters. The number of nitrogens with one attached hydrogen (secondary N) is 1. The van der Waals surface area contributed by atoms with Crippen LogP contribution in [-0.4, -0.2) is 30.5 Å². The Kier molecular flexibility index (Phi) is 6.69. The average Bonchev–Trinajstić information content (AvgIpc) is 2.90. The summed E-state index contributed by atoms with van der Waals surface area (Å²) in [6, 6.07) is 19.2. The summed E-state index contributed by atoms with van der Waals surface area (Å²) in [5, 5.41) is 4.26. The van der Waals surface area contributed by atoms with Crippen LogP contribution < -0.4 is 10.1 Å². The van der Waals surface area contributed by atoms with Gasteiger partial charge in [-0.15, -0.1) is 0 Å². The van der Waals surface area contributed by atoms with Gasteiger partial charge in [0, 0.05) is 28.9 Å². The van der Waals surface area contributed by atoms with Crippen LogP contribution in [0.15, 0.2) is 67.0 Å². The van der Waals surface area contributed by atoms with E-state index in [0.717, 1.165) is 46.7 Å². The maximum absolute atomic E-state index is 13.4. The number of carbonyl (C=O) groups excluding carboxylic acids is 1. The van der Waals surface area contributed by atoms with Gasteiger partial charge in [-0.05, 0) is 84.4 Å². The van der Waals surface area contributed by atoms with Gasteiger partial charge in [0.05, 0.1) is 13.7 Å². The van der Waals surface area contributed by atoms with Crippen LogP contribution >= 0.6 is 11.6 Å². The molecule has 3 aromatic rings. The predicted octanol–water partition coefficient (Wildman–Crippen LogP) is 6.65. The monoisotopic (exact) mass is 488 g/mol. The molecule has 1 N–H and O–H groups in total. The maximum Gasteiger partial charge on any atom is 0.153 e. The number of benzene rings is 2. The molecule has 1 aromatic heterocycles. The van der Waals surface area contributed by atoms with Crippen LogP contribution in [0.1, 0.15) is 56.1 Å². The highest BCUT2D eigenvalue weighted by Crippen LogP contribution is 2.59. The fraction of sp³-hybridized carbons (Fsp3) is 0.400. The molecule has 5 heteroatoms. The Bertz CT molecular complexity index is 1200. The van der Waals surface area contributed by atoms with Crippen LogP contribution in [-0.2, 0) is 4.79 Å². The molecule has 0 spiro atoms. The van der Waals surface area contributed by atoms with Crippen molar-refractivity contribution in [3.8, 4) is 16.9 Å². The quantitative estimate of drug-likeness (QED) is 0.437. The second kappa shape index (κ2) is 9.75. The van der Waals surface area contributed by atoms with Gasteiger partial charge in [-0.3, -0.25) is 9.78 Å². The van der Waals surface area contributed by atoms with Gasteiger partial charge in [-0.25, -0.2) is 0 Å². The van der Waals surface area contributed by atoms with E-state index in [0.29, 0.717) is 12.3 Å². The van der Waals surface area contributed by atoms with Crippen LogP contribution in [0, 0.1) is 11.3 Å². The van der Waals surface area contributed by atoms with Crippen molar-refractivity contribution >= 4 is 17.4 Å². The van der Waals surface area contributed by atoms with Gasteiger partial charge < -0.3 is 10.1 Å². The predicted molar refractivity (Wildman–Crippen MR) is 141 cm³/mol. The number of ketones is 1. The Morgan fingerprint density at radius 3 is 2.60 bits per heavy atom. The number of rotatable bonds is 5. The normalized spacial score (nSPS) is 28.4. The number of hydrogen-bond acceptors (Lipinski definition) is 4. The van der Waals surface area contributed by atoms with Crippen molar-refractivity contribution in [1.29, 1.82) is 0 Å². The van der Waals surface area contributed by atoms with Crippen LogP contribution in [0.2, 0.25) is 5.02 Å². The van der Waals surface area contributed by atoms with Gasteiger partial charge in [0.1, 0.15) is 5.75 Å². The van der Waals surface area contributed by atoms with Crippen molar-refractivity contribution in [2.75, 3.05) is 13.7 Å². The first kappa shape index (κ1) is 24.0. The van der Waals surface area contributed by atoms with E-state index in [1.807, 2.05) is 24.4 Å². The number of fused-ring (bicyclic) bond motifs is 1. The first-order valence-electron chi connectivity index (χ1n) is 12.6. The number of Topliss-reactive ketones (excluding diaryl/α,β-unsaturated/α-hetero) is 1. The number of ether oxygens (including phenoxy) is 1. The summed E-state index contributed by atoms with van der Waals surface area (Å²) in [5.41, 5.74) is 4.35. The largest absolute Gasteiger partial charge is 0.497 e. The summed E-state index contributed by atoms with van der Waals surface area (Å²) in [6.45, 7) is 4.90. The molecule has 2 fully saturated rings. The number of pyridine rings is 1. The van der Waals surface area contributed by atoms with Gasteiger partial charge >= 0.3 is 0 Å². The third-order valence-corrected chi connectivity index (χ3v) is 8.89. The minimum atomic E-state index is -0.299. The van der Waals surface area contributed by atoms with E-state index in [1.165, 1.54) is 5.56 Å². The van der Waals surface area contributed by atoms with Crippen LogP contribution in [0.3, 0.4) is 0 Å². The molecule has 5 rings (SSSR count). The Hall–Kier alpha value is -2.69. The lowest BCUT2D eigenvalue weighted by atomic mass is 9.50. The fourth-order valence-corrected chi connectivity index (χ4v) is 7.10. The standard InChI is InChI=1S/C30H33ClN2O2/c1-4-30-14-13-25(24-12-11-23(35-3)16-26(24)31)28(29(30)19(2)33-18-27(30)34)21-9-7-20(8-10-21)22-6-5-15-32-17-22/h5-12,15-17,19,25,28-29,33H,4,13-14,18H2,1-3H3. The summed E-state index contributed by atoms with van der Waals surface area (Å²) in [7, 11) is 1.66. The molecule has 4 nitrogen and oxygen atoms in total. The highest BCUT2D eigenvalue weighted by Gasteiger charge is 2.56. The average molecular weight is 489 g/mol. The van der Waals surface area contributed by atoms with E-state index < -0.39 is 0 Å². The third-order valence-electron chi connectivity index (χ3n) is 8.57. The van der Waals surface area contributed by atoms with Gasteiger partial charge in [-0.2, -0.15) is 0 Å². The SMILES string of the molecule is CCC12CCC(c3ccc(OC)cc3Cl)C(c3ccc(-c4cccnc4)cc3)C1C(C)NCC2=O. The highest BCUT2D eigenvalue weighted by molar-refractivity contribution is 6.31. The first-order chi connectivity index (χ1) is 17.0. The lowest BCUT2D eigenvalue weighted by Crippen LogP contribution is -2.61. The van der Waals surface area contributed by atoms with Crippen LogP contribution in [0.25, 0.3) is 11.1 Å². The van der Waals surface area contributed by atoms with E-state index >= 15 is 0 Å². The summed E-state index contributed by atoms with van der Waals surface area (Å²) < 4.78 is 5.41. The van der Waals surface area contributed by atoms with Crippen molar-refractivity contribution in [3.63, 3.8) is 0 Å². The molecule has 182 valence electrons. The summed E-state index contributed by atoms with van der Waals surface area (Å²) >= 11 is 6.84. The Morgan fingerprint density at radius 2 is 1.94 bits per heavy atom. The topological polar surface area (TPSA) is 51.2 Å². The summed E-state index contributed by atoms with van der Waals surface area (Å²) in [4.78, 5) is 17.7. The number of hydrogen-bond donors (Lipinski definition) is 1. The van der Waals surface area contributed by atoms with E-state index in [-0.39, 0.29) is 29.2 Å². The van der Waals surface area contributed by atoms with Crippen molar-refractivity contribution in [1.82, 2.24) is 10.3 Å². The van der Waals surface area contributed by atoms with Gasteiger partial charge in [0.15, 0.2) is 5.78 Å². The van der Waals surface area contributed by atoms with Crippen molar-refractivity contribution < 1.29 is 9.53 Å². The molecule has 0 amide bonds. The highest BCUT2D eigenvalue weighted by atomic mass is 35.5. The number of piperidine rings is 1. The zero-order chi connectivity index (χ0) is 24.6. The fourth-order valence-electron chi connectivity index (χ4n) is 6.79. The van der Waals surface area contributed by atoms with E-state index in [4.69, 9.17) is 16.3 Å². The van der Waals surface area contributed by atoms with Gasteiger partial charge in [-0.1, -0.05) is 54.9 Å².